The first-order valence-corrected chi connectivity index (χ1v) is 9.66. The second kappa shape index (κ2) is 7.88. The number of amides is 2. The van der Waals surface area contributed by atoms with Crippen LogP contribution < -0.4 is 0 Å². The largest absolute Gasteiger partial charge is 0.448 e. The summed E-state index contributed by atoms with van der Waals surface area (Å²) in [5.74, 6) is -0.326. The number of rotatable bonds is 3. The summed E-state index contributed by atoms with van der Waals surface area (Å²) in [7, 11) is 3.26. The van der Waals surface area contributed by atoms with E-state index in [4.69, 9.17) is 4.74 Å². The number of benzene rings is 2. The molecule has 1 atom stereocenters. The number of fused-ring (bicyclic) bond motifs is 3. The molecular weight excluding hydrogens is 378 g/mol. The number of hydrogen-bond donors (Lipinski definition) is 0. The van der Waals surface area contributed by atoms with Gasteiger partial charge in [0.05, 0.1) is 11.6 Å². The zero-order valence-corrected chi connectivity index (χ0v) is 16.8. The highest BCUT2D eigenvalue weighted by Gasteiger charge is 2.31. The highest BCUT2D eigenvalue weighted by atomic mass is 16.6. The molecule has 2 aliphatic rings. The van der Waals surface area contributed by atoms with Gasteiger partial charge in [0.2, 0.25) is 0 Å². The van der Waals surface area contributed by atoms with Gasteiger partial charge in [0.25, 0.3) is 5.91 Å². The third kappa shape index (κ3) is 3.35. The van der Waals surface area contributed by atoms with Gasteiger partial charge in [0.15, 0.2) is 0 Å². The molecule has 0 spiro atoms. The lowest BCUT2D eigenvalue weighted by molar-refractivity contribution is -0.124. The molecule has 0 fully saturated rings. The lowest BCUT2D eigenvalue weighted by Gasteiger charge is -2.26. The summed E-state index contributed by atoms with van der Waals surface area (Å²) in [5, 5.41) is 9.41. The Bertz CT molecular complexity index is 1070. The first-order chi connectivity index (χ1) is 14.5. The summed E-state index contributed by atoms with van der Waals surface area (Å²) >= 11 is 0. The van der Waals surface area contributed by atoms with Crippen molar-refractivity contribution in [3.05, 3.63) is 83.6 Å². The zero-order valence-electron chi connectivity index (χ0n) is 16.8. The van der Waals surface area contributed by atoms with Crippen molar-refractivity contribution in [1.82, 2.24) is 9.80 Å². The van der Waals surface area contributed by atoms with E-state index in [2.05, 4.69) is 18.2 Å². The molecule has 0 bridgehead atoms. The third-order valence-corrected chi connectivity index (χ3v) is 5.37. The van der Waals surface area contributed by atoms with Crippen LogP contribution in [0, 0.1) is 11.3 Å². The number of hydrogen-bond acceptors (Lipinski definition) is 4. The van der Waals surface area contributed by atoms with Crippen molar-refractivity contribution >= 4 is 12.0 Å². The van der Waals surface area contributed by atoms with E-state index in [1.807, 2.05) is 36.4 Å². The molecule has 30 heavy (non-hydrogen) atoms. The molecule has 6 nitrogen and oxygen atoms in total. The molecule has 1 aliphatic heterocycles. The predicted octanol–water partition coefficient (Wildman–Crippen LogP) is 3.67. The molecule has 0 unspecified atom stereocenters. The summed E-state index contributed by atoms with van der Waals surface area (Å²) < 4.78 is 5.63. The Hall–Kier alpha value is -3.85. The Morgan fingerprint density at radius 1 is 1.07 bits per heavy atom. The Labute approximate surface area is 175 Å². The van der Waals surface area contributed by atoms with Crippen LogP contribution in [0.25, 0.3) is 11.1 Å². The predicted molar refractivity (Wildman–Crippen MR) is 112 cm³/mol. The van der Waals surface area contributed by atoms with Gasteiger partial charge in [-0.2, -0.15) is 5.26 Å². The van der Waals surface area contributed by atoms with Gasteiger partial charge in [-0.1, -0.05) is 48.5 Å². The summed E-state index contributed by atoms with van der Waals surface area (Å²) in [6.45, 7) is 0.149. The lowest BCUT2D eigenvalue weighted by Crippen LogP contribution is -2.38. The Kier molecular flexibility index (Phi) is 5.11. The van der Waals surface area contributed by atoms with Crippen LogP contribution in [-0.4, -0.2) is 48.5 Å². The van der Waals surface area contributed by atoms with Gasteiger partial charge in [-0.25, -0.2) is 4.79 Å². The summed E-state index contributed by atoms with van der Waals surface area (Å²) in [6.07, 6.45) is 3.81. The number of likely N-dealkylation sites (N-methyl/N-ethyl adjacent to an activating group) is 1. The molecule has 0 saturated heterocycles. The van der Waals surface area contributed by atoms with E-state index in [-0.39, 0.29) is 18.4 Å². The van der Waals surface area contributed by atoms with Gasteiger partial charge in [-0.05, 0) is 34.4 Å². The van der Waals surface area contributed by atoms with Crippen molar-refractivity contribution < 1.29 is 14.3 Å². The summed E-state index contributed by atoms with van der Waals surface area (Å²) in [4.78, 5) is 27.7. The van der Waals surface area contributed by atoms with Crippen LogP contribution in [0.5, 0.6) is 0 Å². The molecule has 0 saturated carbocycles. The van der Waals surface area contributed by atoms with Crippen LogP contribution in [0.15, 0.2) is 72.5 Å². The Balaban J connectivity index is 1.55. The van der Waals surface area contributed by atoms with E-state index < -0.39 is 12.1 Å². The van der Waals surface area contributed by atoms with Gasteiger partial charge >= 0.3 is 6.09 Å². The number of carbonyl (C=O) groups is 2. The van der Waals surface area contributed by atoms with Crippen LogP contribution in [0.1, 0.15) is 17.0 Å². The van der Waals surface area contributed by atoms with Crippen LogP contribution >= 0.6 is 0 Å². The maximum atomic E-state index is 12.8. The summed E-state index contributed by atoms with van der Waals surface area (Å²) in [5.41, 5.74) is 4.83. The van der Waals surface area contributed by atoms with Gasteiger partial charge in [-0.15, -0.1) is 0 Å². The SMILES string of the molecule is CN(C)C(=O)C1=CN(C(=O)OCC2c3ccccc3-c3ccccc32)[C@H](C#N)C=C1. The van der Waals surface area contributed by atoms with Crippen molar-refractivity contribution in [3.63, 3.8) is 0 Å². The van der Waals surface area contributed by atoms with Gasteiger partial charge in [-0.3, -0.25) is 9.69 Å². The molecule has 1 heterocycles. The average molecular weight is 399 g/mol. The highest BCUT2D eigenvalue weighted by Crippen LogP contribution is 2.44. The first-order valence-electron chi connectivity index (χ1n) is 9.66. The minimum Gasteiger partial charge on any atom is -0.448 e. The van der Waals surface area contributed by atoms with Gasteiger partial charge < -0.3 is 9.64 Å². The van der Waals surface area contributed by atoms with E-state index >= 15 is 0 Å². The monoisotopic (exact) mass is 399 g/mol. The molecule has 1 aliphatic carbocycles. The van der Waals surface area contributed by atoms with Crippen LogP contribution in [-0.2, 0) is 9.53 Å². The number of nitriles is 1. The zero-order chi connectivity index (χ0) is 21.3. The van der Waals surface area contributed by atoms with Gasteiger partial charge in [0.1, 0.15) is 12.6 Å². The molecular formula is C24H21N3O3. The van der Waals surface area contributed by atoms with Gasteiger partial charge in [0, 0.05) is 26.2 Å². The molecule has 2 aromatic carbocycles. The average Bonchev–Trinajstić information content (AvgIpc) is 3.10. The number of ether oxygens (including phenoxy) is 1. The second-order valence-electron chi connectivity index (χ2n) is 7.43. The molecule has 2 aromatic rings. The fourth-order valence-electron chi connectivity index (χ4n) is 3.89. The Morgan fingerprint density at radius 2 is 1.67 bits per heavy atom. The molecule has 0 N–H and O–H groups in total. The first kappa shape index (κ1) is 19.5. The third-order valence-electron chi connectivity index (χ3n) is 5.37. The number of nitrogens with zero attached hydrogens (tertiary/aromatic N) is 3. The van der Waals surface area contributed by atoms with Crippen molar-refractivity contribution in [2.45, 2.75) is 12.0 Å². The van der Waals surface area contributed by atoms with Crippen LogP contribution in [0.4, 0.5) is 4.79 Å². The second-order valence-corrected chi connectivity index (χ2v) is 7.43. The smallest absolute Gasteiger partial charge is 0.415 e. The van der Waals surface area contributed by atoms with E-state index in [1.54, 1.807) is 20.2 Å². The normalized spacial score (nSPS) is 16.9. The van der Waals surface area contributed by atoms with Crippen LogP contribution in [0.3, 0.4) is 0 Å². The molecule has 0 radical (unpaired) electrons. The fourth-order valence-corrected chi connectivity index (χ4v) is 3.89. The summed E-state index contributed by atoms with van der Waals surface area (Å²) in [6, 6.07) is 17.4. The lowest BCUT2D eigenvalue weighted by atomic mass is 9.98. The minimum absolute atomic E-state index is 0.0749. The van der Waals surface area contributed by atoms with E-state index in [9.17, 15) is 14.9 Å². The van der Waals surface area contributed by atoms with Crippen molar-refractivity contribution in [2.24, 2.45) is 0 Å². The fraction of sp³-hybridized carbons (Fsp3) is 0.208. The van der Waals surface area contributed by atoms with Crippen LogP contribution in [0.2, 0.25) is 0 Å². The Morgan fingerprint density at radius 3 is 2.23 bits per heavy atom. The molecule has 4 rings (SSSR count). The van der Waals surface area contributed by atoms with Crippen molar-refractivity contribution in [3.8, 4) is 17.2 Å². The standard InChI is InChI=1S/C24H21N3O3/c1-26(2)23(28)16-11-12-17(13-25)27(14-16)24(29)30-15-22-20-9-5-3-7-18(20)19-8-4-6-10-21(19)22/h3-12,14,17,22H,15H2,1-2H3/t17-/m0/s1. The quantitative estimate of drug-likeness (QED) is 0.789. The van der Waals surface area contributed by atoms with Crippen molar-refractivity contribution in [1.29, 1.82) is 5.26 Å². The van der Waals surface area contributed by atoms with E-state index in [0.717, 1.165) is 22.3 Å². The minimum atomic E-state index is -0.820. The molecule has 6 heteroatoms. The highest BCUT2D eigenvalue weighted by molar-refractivity contribution is 5.96. The number of carbonyl (C=O) groups excluding carboxylic acids is 2. The molecule has 0 aromatic heterocycles. The maximum absolute atomic E-state index is 12.8. The molecule has 2 amide bonds. The molecule has 150 valence electrons. The van der Waals surface area contributed by atoms with E-state index in [0.29, 0.717) is 5.57 Å². The van der Waals surface area contributed by atoms with Crippen molar-refractivity contribution in [2.75, 3.05) is 20.7 Å². The van der Waals surface area contributed by atoms with E-state index in [1.165, 1.54) is 22.1 Å². The maximum Gasteiger partial charge on any atom is 0.415 e. The topological polar surface area (TPSA) is 73.6 Å².